The second-order valence-electron chi connectivity index (χ2n) is 6.00. The molecule has 1 aromatic carbocycles. The average Bonchev–Trinajstić information content (AvgIpc) is 2.96. The van der Waals surface area contributed by atoms with E-state index in [0.29, 0.717) is 0 Å². The smallest absolute Gasteiger partial charge is 0.161 e. The topological polar surface area (TPSA) is 33.7 Å². The second kappa shape index (κ2) is 7.86. The van der Waals surface area contributed by atoms with Crippen molar-refractivity contribution in [2.24, 2.45) is 11.8 Å². The van der Waals surface area contributed by atoms with Crippen molar-refractivity contribution in [2.45, 2.75) is 13.0 Å². The van der Waals surface area contributed by atoms with Gasteiger partial charge in [-0.1, -0.05) is 15.9 Å². The number of ether oxygens (including phenoxy) is 2. The molecular formula is C16H24BrClN2O2. The van der Waals surface area contributed by atoms with Crippen LogP contribution in [-0.2, 0) is 6.54 Å². The van der Waals surface area contributed by atoms with Crippen LogP contribution in [0.4, 0.5) is 0 Å². The van der Waals surface area contributed by atoms with Crippen molar-refractivity contribution in [1.29, 1.82) is 0 Å². The van der Waals surface area contributed by atoms with Gasteiger partial charge in [-0.2, -0.15) is 0 Å². The summed E-state index contributed by atoms with van der Waals surface area (Å²) in [6.45, 7) is 5.72. The Bertz CT molecular complexity index is 515. The lowest BCUT2D eigenvalue weighted by molar-refractivity contribution is 0.142. The van der Waals surface area contributed by atoms with Crippen LogP contribution in [0.3, 0.4) is 0 Å². The first-order chi connectivity index (χ1) is 10.2. The number of nitrogens with zero attached hydrogens (tertiary/aromatic N) is 1. The van der Waals surface area contributed by atoms with E-state index < -0.39 is 0 Å². The molecule has 0 spiro atoms. The zero-order valence-corrected chi connectivity index (χ0v) is 15.5. The van der Waals surface area contributed by atoms with Gasteiger partial charge in [0, 0.05) is 17.6 Å². The molecule has 4 nitrogen and oxygen atoms in total. The monoisotopic (exact) mass is 390 g/mol. The SMILES string of the molecule is COc1cc(Br)c(CN2CCC3CNCC3C2)cc1OC.Cl. The molecule has 0 saturated carbocycles. The van der Waals surface area contributed by atoms with Crippen LogP contribution in [0.15, 0.2) is 16.6 Å². The van der Waals surface area contributed by atoms with Gasteiger partial charge in [0.15, 0.2) is 11.5 Å². The first-order valence-corrected chi connectivity index (χ1v) is 8.34. The minimum absolute atomic E-state index is 0. The van der Waals surface area contributed by atoms with Gasteiger partial charge >= 0.3 is 0 Å². The van der Waals surface area contributed by atoms with Crippen LogP contribution >= 0.6 is 28.3 Å². The summed E-state index contributed by atoms with van der Waals surface area (Å²) in [5.41, 5.74) is 1.26. The van der Waals surface area contributed by atoms with Crippen LogP contribution in [-0.4, -0.2) is 45.3 Å². The van der Waals surface area contributed by atoms with E-state index in [-0.39, 0.29) is 12.4 Å². The van der Waals surface area contributed by atoms with Gasteiger partial charge in [-0.05, 0) is 55.6 Å². The van der Waals surface area contributed by atoms with Crippen molar-refractivity contribution in [1.82, 2.24) is 10.2 Å². The Labute approximate surface area is 147 Å². The number of fused-ring (bicyclic) bond motifs is 1. The number of nitrogens with one attached hydrogen (secondary N) is 1. The van der Waals surface area contributed by atoms with Crippen molar-refractivity contribution in [3.05, 3.63) is 22.2 Å². The van der Waals surface area contributed by atoms with Gasteiger partial charge in [-0.3, -0.25) is 4.90 Å². The summed E-state index contributed by atoms with van der Waals surface area (Å²) in [4.78, 5) is 2.56. The molecule has 1 N–H and O–H groups in total. The van der Waals surface area contributed by atoms with Gasteiger partial charge in [-0.25, -0.2) is 0 Å². The van der Waals surface area contributed by atoms with E-state index in [1.807, 2.05) is 6.07 Å². The Balaban J connectivity index is 0.00000176. The van der Waals surface area contributed by atoms with Gasteiger partial charge in [0.25, 0.3) is 0 Å². The van der Waals surface area contributed by atoms with Crippen molar-refractivity contribution in [3.8, 4) is 11.5 Å². The largest absolute Gasteiger partial charge is 0.493 e. The molecule has 0 bridgehead atoms. The maximum atomic E-state index is 5.42. The Kier molecular flexibility index (Phi) is 6.38. The van der Waals surface area contributed by atoms with E-state index in [1.54, 1.807) is 14.2 Å². The highest BCUT2D eigenvalue weighted by Crippen LogP contribution is 2.35. The quantitative estimate of drug-likeness (QED) is 0.855. The number of likely N-dealkylation sites (tertiary alicyclic amines) is 1. The van der Waals surface area contributed by atoms with Crippen molar-refractivity contribution >= 4 is 28.3 Å². The van der Waals surface area contributed by atoms with Crippen LogP contribution in [0.2, 0.25) is 0 Å². The van der Waals surface area contributed by atoms with E-state index in [0.717, 1.165) is 34.4 Å². The first-order valence-electron chi connectivity index (χ1n) is 7.54. The number of hydrogen-bond donors (Lipinski definition) is 1. The van der Waals surface area contributed by atoms with Crippen LogP contribution < -0.4 is 14.8 Å². The van der Waals surface area contributed by atoms with Crippen LogP contribution in [0.5, 0.6) is 11.5 Å². The number of piperidine rings is 1. The highest BCUT2D eigenvalue weighted by atomic mass is 79.9. The summed E-state index contributed by atoms with van der Waals surface area (Å²) in [6.07, 6.45) is 1.31. The molecule has 2 heterocycles. The molecule has 3 rings (SSSR count). The summed E-state index contributed by atoms with van der Waals surface area (Å²) >= 11 is 3.66. The fourth-order valence-electron chi connectivity index (χ4n) is 3.51. The maximum Gasteiger partial charge on any atom is 0.161 e. The van der Waals surface area contributed by atoms with E-state index in [2.05, 4.69) is 32.2 Å². The molecule has 0 aromatic heterocycles. The fraction of sp³-hybridized carbons (Fsp3) is 0.625. The first kappa shape index (κ1) is 17.9. The summed E-state index contributed by atoms with van der Waals surface area (Å²) in [5.74, 6) is 3.27. The predicted molar refractivity (Wildman–Crippen MR) is 94.2 cm³/mol. The highest BCUT2D eigenvalue weighted by Gasteiger charge is 2.32. The predicted octanol–water partition coefficient (Wildman–Crippen LogP) is 2.93. The lowest BCUT2D eigenvalue weighted by atomic mass is 9.88. The van der Waals surface area contributed by atoms with E-state index in [9.17, 15) is 0 Å². The summed E-state index contributed by atoms with van der Waals surface area (Å²) in [5, 5.41) is 3.52. The Morgan fingerprint density at radius 2 is 1.86 bits per heavy atom. The third-order valence-electron chi connectivity index (χ3n) is 4.74. The molecule has 2 aliphatic rings. The third kappa shape index (κ3) is 3.70. The third-order valence-corrected chi connectivity index (χ3v) is 5.47. The Hall–Kier alpha value is -0.490. The van der Waals surface area contributed by atoms with Gasteiger partial charge in [0.2, 0.25) is 0 Å². The normalized spacial score (nSPS) is 24.5. The second-order valence-corrected chi connectivity index (χ2v) is 6.86. The van der Waals surface area contributed by atoms with Gasteiger partial charge in [0.1, 0.15) is 0 Å². The molecule has 2 aliphatic heterocycles. The molecular weight excluding hydrogens is 368 g/mol. The lowest BCUT2D eigenvalue weighted by Gasteiger charge is -2.34. The van der Waals surface area contributed by atoms with E-state index >= 15 is 0 Å². The molecule has 2 unspecified atom stereocenters. The van der Waals surface area contributed by atoms with E-state index in [4.69, 9.17) is 9.47 Å². The fourth-order valence-corrected chi connectivity index (χ4v) is 3.96. The summed E-state index contributed by atoms with van der Waals surface area (Å²) in [7, 11) is 3.35. The van der Waals surface area contributed by atoms with Gasteiger partial charge in [-0.15, -0.1) is 12.4 Å². The molecule has 2 saturated heterocycles. The zero-order chi connectivity index (χ0) is 14.8. The molecule has 2 atom stereocenters. The maximum absolute atomic E-state index is 5.42. The lowest BCUT2D eigenvalue weighted by Crippen LogP contribution is -2.39. The van der Waals surface area contributed by atoms with Gasteiger partial charge < -0.3 is 14.8 Å². The Morgan fingerprint density at radius 3 is 2.59 bits per heavy atom. The summed E-state index contributed by atoms with van der Waals surface area (Å²) in [6, 6.07) is 4.08. The molecule has 124 valence electrons. The molecule has 1 aromatic rings. The number of halogens is 2. The van der Waals surface area contributed by atoms with Crippen molar-refractivity contribution in [3.63, 3.8) is 0 Å². The molecule has 0 amide bonds. The minimum Gasteiger partial charge on any atom is -0.493 e. The van der Waals surface area contributed by atoms with Crippen LogP contribution in [0, 0.1) is 11.8 Å². The minimum atomic E-state index is 0. The Morgan fingerprint density at radius 1 is 1.18 bits per heavy atom. The highest BCUT2D eigenvalue weighted by molar-refractivity contribution is 9.10. The molecule has 2 fully saturated rings. The molecule has 6 heteroatoms. The van der Waals surface area contributed by atoms with Crippen molar-refractivity contribution in [2.75, 3.05) is 40.4 Å². The summed E-state index contributed by atoms with van der Waals surface area (Å²) < 4.78 is 11.8. The molecule has 0 aliphatic carbocycles. The number of methoxy groups -OCH3 is 2. The standard InChI is InChI=1S/C16H23BrN2O2.ClH/c1-20-15-5-12(14(17)6-16(15)21-2)9-19-4-3-11-7-18-8-13(11)10-19;/h5-6,11,13,18H,3-4,7-10H2,1-2H3;1H. The number of rotatable bonds is 4. The zero-order valence-electron chi connectivity index (χ0n) is 13.1. The van der Waals surface area contributed by atoms with Crippen molar-refractivity contribution < 1.29 is 9.47 Å². The van der Waals surface area contributed by atoms with Gasteiger partial charge in [0.05, 0.1) is 14.2 Å². The molecule has 0 radical (unpaired) electrons. The number of hydrogen-bond acceptors (Lipinski definition) is 4. The molecule has 22 heavy (non-hydrogen) atoms. The number of benzene rings is 1. The van der Waals surface area contributed by atoms with Crippen LogP contribution in [0.1, 0.15) is 12.0 Å². The average molecular weight is 392 g/mol. The van der Waals surface area contributed by atoms with E-state index in [1.165, 1.54) is 38.2 Å². The van der Waals surface area contributed by atoms with Crippen LogP contribution in [0.25, 0.3) is 0 Å².